The van der Waals surface area contributed by atoms with Crippen LogP contribution in [-0.2, 0) is 23.9 Å². The van der Waals surface area contributed by atoms with E-state index >= 15 is 0 Å². The molecule has 1 aromatic carbocycles. The number of hydrogen-bond donors (Lipinski definition) is 2. The van der Waals surface area contributed by atoms with Crippen LogP contribution >= 0.6 is 11.8 Å². The highest BCUT2D eigenvalue weighted by Gasteiger charge is 2.51. The fourth-order valence-corrected chi connectivity index (χ4v) is 4.66. The van der Waals surface area contributed by atoms with Crippen molar-refractivity contribution in [3.05, 3.63) is 53.4 Å². The Labute approximate surface area is 154 Å². The van der Waals surface area contributed by atoms with Gasteiger partial charge in [0.25, 0.3) is 0 Å². The molecule has 2 aliphatic heterocycles. The van der Waals surface area contributed by atoms with Crippen molar-refractivity contribution in [1.82, 2.24) is 4.90 Å². The topological polar surface area (TPSA) is 127 Å². The lowest BCUT2D eigenvalue weighted by Crippen LogP contribution is -2.68. The lowest BCUT2D eigenvalue weighted by Gasteiger charge is -2.47. The van der Waals surface area contributed by atoms with Crippen molar-refractivity contribution < 1.29 is 27.3 Å². The number of rotatable bonds is 5. The predicted octanol–water partition coefficient (Wildman–Crippen LogP) is 0.795. The fraction of sp³-hybridized carbons (Fsp3) is 0.250. The predicted molar refractivity (Wildman–Crippen MR) is 94.3 cm³/mol. The van der Waals surface area contributed by atoms with E-state index in [1.165, 1.54) is 30.0 Å². The number of carboxylic acids is 1. The van der Waals surface area contributed by atoms with E-state index in [2.05, 4.69) is 0 Å². The van der Waals surface area contributed by atoms with Crippen molar-refractivity contribution in [1.29, 1.82) is 0 Å². The highest BCUT2D eigenvalue weighted by Crippen LogP contribution is 2.39. The van der Waals surface area contributed by atoms with Crippen LogP contribution in [0.3, 0.4) is 0 Å². The molecule has 3 N–H and O–H groups in total. The number of fused-ring (bicyclic) bond motifs is 1. The van der Waals surface area contributed by atoms with Gasteiger partial charge in [-0.05, 0) is 30.7 Å². The minimum atomic E-state index is -4.01. The molecule has 0 bridgehead atoms. The molecule has 0 aliphatic carbocycles. The number of β-lactam (4-membered cyclic amide) rings is 1. The SMILES string of the molecule is Cc1ccc(S(=O)(=O)O/C=C/C2=C(C(=O)O)N3C(=O)[C@@H](N)[C@H]3SC2)cc1. The second-order valence-electron chi connectivity index (χ2n) is 5.78. The van der Waals surface area contributed by atoms with Gasteiger partial charge in [0.2, 0.25) is 5.91 Å². The van der Waals surface area contributed by atoms with Gasteiger partial charge in [-0.25, -0.2) is 4.79 Å². The van der Waals surface area contributed by atoms with Crippen LogP contribution in [0.5, 0.6) is 0 Å². The molecule has 2 aliphatic rings. The molecule has 26 heavy (non-hydrogen) atoms. The highest BCUT2D eigenvalue weighted by molar-refractivity contribution is 8.00. The number of thioether (sulfide) groups is 1. The van der Waals surface area contributed by atoms with Gasteiger partial charge in [-0.3, -0.25) is 9.69 Å². The maximum Gasteiger partial charge on any atom is 0.352 e. The van der Waals surface area contributed by atoms with Gasteiger partial charge < -0.3 is 15.0 Å². The summed E-state index contributed by atoms with van der Waals surface area (Å²) in [4.78, 5) is 24.5. The highest BCUT2D eigenvalue weighted by atomic mass is 32.2. The number of aryl methyl sites for hydroxylation is 1. The third kappa shape index (κ3) is 3.22. The summed E-state index contributed by atoms with van der Waals surface area (Å²) in [5.74, 6) is -1.48. The van der Waals surface area contributed by atoms with E-state index in [-0.39, 0.29) is 21.9 Å². The average Bonchev–Trinajstić information content (AvgIpc) is 2.60. The van der Waals surface area contributed by atoms with Crippen molar-refractivity contribution in [3.8, 4) is 0 Å². The zero-order valence-corrected chi connectivity index (χ0v) is 15.3. The van der Waals surface area contributed by atoms with Crippen molar-refractivity contribution in [3.63, 3.8) is 0 Å². The Morgan fingerprint density at radius 1 is 1.38 bits per heavy atom. The van der Waals surface area contributed by atoms with Gasteiger partial charge in [0.1, 0.15) is 28.3 Å². The maximum atomic E-state index is 12.1. The number of aliphatic carboxylic acids is 1. The summed E-state index contributed by atoms with van der Waals surface area (Å²) in [5.41, 5.74) is 6.65. The van der Waals surface area contributed by atoms with Crippen LogP contribution in [0.2, 0.25) is 0 Å². The summed E-state index contributed by atoms with van der Waals surface area (Å²) in [5, 5.41) is 8.99. The second kappa shape index (κ2) is 6.78. The van der Waals surface area contributed by atoms with Crippen LogP contribution in [0.15, 0.2) is 52.8 Å². The van der Waals surface area contributed by atoms with E-state index in [1.54, 1.807) is 12.1 Å². The molecule has 2 atom stereocenters. The number of nitrogens with two attached hydrogens (primary N) is 1. The first-order chi connectivity index (χ1) is 12.2. The van der Waals surface area contributed by atoms with Gasteiger partial charge in [0.15, 0.2) is 0 Å². The maximum absolute atomic E-state index is 12.1. The molecule has 8 nitrogen and oxygen atoms in total. The normalized spacial score (nSPS) is 23.0. The summed E-state index contributed by atoms with van der Waals surface area (Å²) >= 11 is 1.31. The van der Waals surface area contributed by atoms with E-state index in [0.29, 0.717) is 0 Å². The molecular formula is C16H16N2O6S2. The monoisotopic (exact) mass is 396 g/mol. The Bertz CT molecular complexity index is 921. The molecule has 0 unspecified atom stereocenters. The largest absolute Gasteiger partial charge is 0.477 e. The third-order valence-corrected chi connectivity index (χ3v) is 6.54. The van der Waals surface area contributed by atoms with Crippen LogP contribution in [0.4, 0.5) is 0 Å². The molecule has 1 saturated heterocycles. The first-order valence-electron chi connectivity index (χ1n) is 7.55. The van der Waals surface area contributed by atoms with Gasteiger partial charge in [-0.15, -0.1) is 11.8 Å². The number of carbonyl (C=O) groups excluding carboxylic acids is 1. The number of benzene rings is 1. The third-order valence-electron chi connectivity index (χ3n) is 4.00. The van der Waals surface area contributed by atoms with Crippen molar-refractivity contribution in [2.75, 3.05) is 5.75 Å². The van der Waals surface area contributed by atoms with Crippen molar-refractivity contribution in [2.45, 2.75) is 23.2 Å². The zero-order valence-electron chi connectivity index (χ0n) is 13.7. The zero-order chi connectivity index (χ0) is 19.1. The smallest absolute Gasteiger partial charge is 0.352 e. The summed E-state index contributed by atoms with van der Waals surface area (Å²) in [6.07, 6.45) is 2.16. The first kappa shape index (κ1) is 18.5. The molecule has 3 rings (SSSR count). The summed E-state index contributed by atoms with van der Waals surface area (Å²) in [7, 11) is -4.01. The van der Waals surface area contributed by atoms with Crippen LogP contribution in [0.25, 0.3) is 0 Å². The van der Waals surface area contributed by atoms with Crippen molar-refractivity contribution >= 4 is 33.8 Å². The lowest BCUT2D eigenvalue weighted by molar-refractivity contribution is -0.147. The van der Waals surface area contributed by atoms with Gasteiger partial charge in [-0.2, -0.15) is 8.42 Å². The van der Waals surface area contributed by atoms with Gasteiger partial charge in [0, 0.05) is 5.75 Å². The molecule has 1 amide bonds. The number of nitrogens with zero attached hydrogens (tertiary/aromatic N) is 1. The lowest BCUT2D eigenvalue weighted by atomic mass is 10.0. The van der Waals surface area contributed by atoms with Gasteiger partial charge >= 0.3 is 16.1 Å². The first-order valence-corrected chi connectivity index (χ1v) is 10.0. The number of hydrogen-bond acceptors (Lipinski definition) is 7. The average molecular weight is 396 g/mol. The van der Waals surface area contributed by atoms with Crippen molar-refractivity contribution in [2.24, 2.45) is 5.73 Å². The van der Waals surface area contributed by atoms with Crippen LogP contribution in [0.1, 0.15) is 5.56 Å². The molecule has 1 aromatic rings. The Morgan fingerprint density at radius 3 is 2.65 bits per heavy atom. The van der Waals surface area contributed by atoms with Crippen LogP contribution in [-0.4, -0.2) is 47.5 Å². The van der Waals surface area contributed by atoms with Crippen LogP contribution in [0, 0.1) is 6.92 Å². The molecule has 0 radical (unpaired) electrons. The van der Waals surface area contributed by atoms with E-state index in [9.17, 15) is 23.1 Å². The Morgan fingerprint density at radius 2 is 2.04 bits per heavy atom. The van der Waals surface area contributed by atoms with E-state index in [0.717, 1.165) is 16.7 Å². The molecule has 1 fully saturated rings. The standard InChI is InChI=1S/C16H16N2O6S2/c1-9-2-4-11(5-3-9)26(22,23)24-7-6-10-8-25-15-12(17)14(19)18(15)13(10)16(20)21/h2-7,12,15H,8,17H2,1H3,(H,20,21)/b7-6+/t12-,15-/m1/s1. The van der Waals surface area contributed by atoms with Crippen LogP contribution < -0.4 is 5.73 Å². The minimum Gasteiger partial charge on any atom is -0.477 e. The number of allylic oxidation sites excluding steroid dienone is 1. The quantitative estimate of drug-likeness (QED) is 0.425. The number of amides is 1. The molecule has 0 saturated carbocycles. The van der Waals surface area contributed by atoms with Gasteiger partial charge in [0.05, 0.1) is 0 Å². The van der Waals surface area contributed by atoms with E-state index in [1.807, 2.05) is 6.92 Å². The number of carbonyl (C=O) groups is 2. The summed E-state index contributed by atoms with van der Waals surface area (Å²) < 4.78 is 29.1. The number of carboxylic acid groups (broad SMARTS) is 1. The van der Waals surface area contributed by atoms with E-state index < -0.39 is 33.4 Å². The fourth-order valence-electron chi connectivity index (χ4n) is 2.61. The van der Waals surface area contributed by atoms with E-state index in [4.69, 9.17) is 9.92 Å². The molecular weight excluding hydrogens is 380 g/mol. The molecule has 2 heterocycles. The molecule has 0 aromatic heterocycles. The molecule has 138 valence electrons. The molecule has 10 heteroatoms. The summed E-state index contributed by atoms with van der Waals surface area (Å²) in [6, 6.07) is 5.39. The Kier molecular flexibility index (Phi) is 4.82. The summed E-state index contributed by atoms with van der Waals surface area (Å²) in [6.45, 7) is 1.83. The van der Waals surface area contributed by atoms with Gasteiger partial charge in [-0.1, -0.05) is 17.7 Å². The minimum absolute atomic E-state index is 0.0119. The Balaban J connectivity index is 1.81. The molecule has 0 spiro atoms. The second-order valence-corrected chi connectivity index (χ2v) is 8.46. The Hall–Kier alpha value is -2.30.